The standard InChI is InChI=1S/C24H18F3N2O3PS/c25-24(26,27)19-9-7-8-18(16-19)23-15-14-22(30-23)17-28-29-33(34,31-20-10-3-1-4-11-20)32-21-12-5-2-6-13-21/h1-17H,(H,29,34)/b28-17+. The van der Waals surface area contributed by atoms with Gasteiger partial charge in [-0.25, -0.2) is 5.20 Å². The minimum absolute atomic E-state index is 0.271. The summed E-state index contributed by atoms with van der Waals surface area (Å²) in [6.45, 7) is -3.16. The monoisotopic (exact) mass is 502 g/mol. The number of halogens is 3. The molecule has 0 unspecified atom stereocenters. The van der Waals surface area contributed by atoms with Crippen LogP contribution in [0.2, 0.25) is 0 Å². The predicted molar refractivity (Wildman–Crippen MR) is 128 cm³/mol. The van der Waals surface area contributed by atoms with Crippen LogP contribution >= 0.6 is 6.64 Å². The molecule has 1 heterocycles. The van der Waals surface area contributed by atoms with Crippen LogP contribution in [0.4, 0.5) is 13.2 Å². The molecular formula is C24H18F3N2O3PS. The van der Waals surface area contributed by atoms with Crippen LogP contribution in [0.15, 0.2) is 107 Å². The van der Waals surface area contributed by atoms with E-state index < -0.39 is 18.4 Å². The second-order valence-corrected chi connectivity index (χ2v) is 9.95. The lowest BCUT2D eigenvalue weighted by molar-refractivity contribution is -0.137. The van der Waals surface area contributed by atoms with Crippen LogP contribution in [0.3, 0.4) is 0 Å². The van der Waals surface area contributed by atoms with Crippen molar-refractivity contribution in [3.8, 4) is 22.8 Å². The number of rotatable bonds is 8. The molecule has 0 spiro atoms. The number of nitrogens with zero attached hydrogens (tertiary/aromatic N) is 1. The molecule has 0 fully saturated rings. The van der Waals surface area contributed by atoms with Crippen LogP contribution < -0.4 is 14.2 Å². The fourth-order valence-electron chi connectivity index (χ4n) is 2.89. The molecule has 0 atom stereocenters. The molecule has 0 aliphatic rings. The van der Waals surface area contributed by atoms with Crippen molar-refractivity contribution in [2.24, 2.45) is 5.10 Å². The molecule has 0 saturated heterocycles. The maximum Gasteiger partial charge on any atom is 0.416 e. The van der Waals surface area contributed by atoms with E-state index in [2.05, 4.69) is 10.3 Å². The van der Waals surface area contributed by atoms with Gasteiger partial charge in [0.1, 0.15) is 23.0 Å². The number of furan rings is 1. The first-order chi connectivity index (χ1) is 16.3. The molecule has 0 bridgehead atoms. The Labute approximate surface area is 199 Å². The smallest absolute Gasteiger partial charge is 0.416 e. The quantitative estimate of drug-likeness (QED) is 0.156. The van der Waals surface area contributed by atoms with Gasteiger partial charge in [-0.1, -0.05) is 48.5 Å². The van der Waals surface area contributed by atoms with E-state index in [-0.39, 0.29) is 5.76 Å². The maximum atomic E-state index is 13.0. The minimum atomic E-state index is -4.44. The average molecular weight is 502 g/mol. The highest BCUT2D eigenvalue weighted by Crippen LogP contribution is 2.45. The van der Waals surface area contributed by atoms with E-state index >= 15 is 0 Å². The summed E-state index contributed by atoms with van der Waals surface area (Å²) in [6, 6.07) is 25.9. The van der Waals surface area contributed by atoms with Gasteiger partial charge in [0.2, 0.25) is 0 Å². The van der Waals surface area contributed by atoms with Crippen molar-refractivity contribution in [1.29, 1.82) is 0 Å². The molecule has 3 aromatic carbocycles. The van der Waals surface area contributed by atoms with Crippen molar-refractivity contribution in [2.45, 2.75) is 6.18 Å². The summed E-state index contributed by atoms with van der Waals surface area (Å²) in [7, 11) is 0. The number of benzene rings is 3. The molecule has 0 aliphatic carbocycles. The van der Waals surface area contributed by atoms with E-state index in [1.165, 1.54) is 18.3 Å². The van der Waals surface area contributed by atoms with E-state index in [4.69, 9.17) is 25.3 Å². The van der Waals surface area contributed by atoms with Gasteiger partial charge in [0.15, 0.2) is 0 Å². The Morgan fingerprint density at radius 3 is 2.03 bits per heavy atom. The van der Waals surface area contributed by atoms with E-state index in [1.807, 2.05) is 12.1 Å². The number of nitrogens with one attached hydrogen (secondary N) is 1. The largest absolute Gasteiger partial charge is 0.455 e. The molecule has 34 heavy (non-hydrogen) atoms. The second kappa shape index (κ2) is 10.2. The Kier molecular flexibility index (Phi) is 7.05. The second-order valence-electron chi connectivity index (χ2n) is 6.94. The Bertz CT molecular complexity index is 1270. The van der Waals surface area contributed by atoms with Gasteiger partial charge in [0.05, 0.1) is 11.8 Å². The first-order valence-corrected chi connectivity index (χ1v) is 12.6. The van der Waals surface area contributed by atoms with Crippen LogP contribution in [-0.4, -0.2) is 6.21 Å². The number of hydrazone groups is 1. The number of alkyl halides is 3. The third-order valence-electron chi connectivity index (χ3n) is 4.41. The Morgan fingerprint density at radius 1 is 0.824 bits per heavy atom. The lowest BCUT2D eigenvalue weighted by Gasteiger charge is -2.22. The summed E-state index contributed by atoms with van der Waals surface area (Å²) in [5.41, 5.74) is -0.456. The molecule has 4 rings (SSSR count). The van der Waals surface area contributed by atoms with E-state index in [0.29, 0.717) is 22.8 Å². The third-order valence-corrected chi connectivity index (χ3v) is 6.37. The zero-order chi connectivity index (χ0) is 24.0. The first-order valence-electron chi connectivity index (χ1n) is 9.98. The fourth-order valence-corrected chi connectivity index (χ4v) is 4.66. The highest BCUT2D eigenvalue weighted by molar-refractivity contribution is 8.09. The van der Waals surface area contributed by atoms with Gasteiger partial charge < -0.3 is 13.5 Å². The normalized spacial score (nSPS) is 12.0. The topological polar surface area (TPSA) is 56.0 Å². The lowest BCUT2D eigenvalue weighted by atomic mass is 10.1. The first kappa shape index (κ1) is 23.6. The highest BCUT2D eigenvalue weighted by atomic mass is 32.5. The molecular weight excluding hydrogens is 484 g/mol. The minimum Gasteiger partial charge on any atom is -0.455 e. The molecule has 0 aliphatic heterocycles. The van der Waals surface area contributed by atoms with Gasteiger partial charge in [-0.15, -0.1) is 0 Å². The zero-order valence-corrected chi connectivity index (χ0v) is 19.2. The van der Waals surface area contributed by atoms with Crippen LogP contribution in [0.25, 0.3) is 11.3 Å². The summed E-state index contributed by atoms with van der Waals surface area (Å²) >= 11 is 5.62. The Morgan fingerprint density at radius 2 is 1.44 bits per heavy atom. The third kappa shape index (κ3) is 6.27. The van der Waals surface area contributed by atoms with Crippen molar-refractivity contribution < 1.29 is 26.6 Å². The summed E-state index contributed by atoms with van der Waals surface area (Å²) in [5, 5.41) is 6.88. The van der Waals surface area contributed by atoms with Crippen molar-refractivity contribution in [3.63, 3.8) is 0 Å². The fraction of sp³-hybridized carbons (Fsp3) is 0.0417. The zero-order valence-electron chi connectivity index (χ0n) is 17.5. The van der Waals surface area contributed by atoms with Crippen molar-refractivity contribution in [3.05, 3.63) is 108 Å². The van der Waals surface area contributed by atoms with Crippen LogP contribution in [0.1, 0.15) is 11.3 Å². The van der Waals surface area contributed by atoms with Crippen LogP contribution in [-0.2, 0) is 18.0 Å². The van der Waals surface area contributed by atoms with Gasteiger partial charge in [-0.05, 0) is 48.5 Å². The van der Waals surface area contributed by atoms with Gasteiger partial charge in [-0.2, -0.15) is 18.3 Å². The lowest BCUT2D eigenvalue weighted by Crippen LogP contribution is -2.13. The van der Waals surface area contributed by atoms with E-state index in [9.17, 15) is 13.2 Å². The average Bonchev–Trinajstić information content (AvgIpc) is 3.29. The number of para-hydroxylation sites is 2. The summed E-state index contributed by atoms with van der Waals surface area (Å²) in [5.74, 6) is 1.59. The highest BCUT2D eigenvalue weighted by Gasteiger charge is 2.30. The summed E-state index contributed by atoms with van der Waals surface area (Å²) < 4.78 is 56.4. The maximum absolute atomic E-state index is 13.0. The van der Waals surface area contributed by atoms with E-state index in [0.717, 1.165) is 12.1 Å². The Hall–Kier alpha value is -3.55. The molecule has 1 N–H and O–H groups in total. The summed E-state index contributed by atoms with van der Waals surface area (Å²) in [4.78, 5) is 0. The van der Waals surface area contributed by atoms with Crippen molar-refractivity contribution in [2.75, 3.05) is 0 Å². The SMILES string of the molecule is FC(F)(F)c1cccc(-c2ccc(/C=N/NP(=S)(Oc3ccccc3)Oc3ccccc3)o2)c1. The molecule has 1 aromatic heterocycles. The van der Waals surface area contributed by atoms with Gasteiger partial charge in [0.25, 0.3) is 0 Å². The number of hydrogen-bond donors (Lipinski definition) is 1. The van der Waals surface area contributed by atoms with Gasteiger partial charge >= 0.3 is 12.8 Å². The van der Waals surface area contributed by atoms with Crippen molar-refractivity contribution >= 4 is 24.7 Å². The van der Waals surface area contributed by atoms with Gasteiger partial charge in [0, 0.05) is 17.4 Å². The molecule has 4 aromatic rings. The molecule has 0 saturated carbocycles. The molecule has 0 radical (unpaired) electrons. The van der Waals surface area contributed by atoms with E-state index in [1.54, 1.807) is 60.7 Å². The summed E-state index contributed by atoms with van der Waals surface area (Å²) in [6.07, 6.45) is -3.09. The number of hydrogen-bond acceptors (Lipinski definition) is 5. The predicted octanol–water partition coefficient (Wildman–Crippen LogP) is 7.27. The molecule has 10 heteroatoms. The molecule has 5 nitrogen and oxygen atoms in total. The van der Waals surface area contributed by atoms with Crippen LogP contribution in [0.5, 0.6) is 11.5 Å². The van der Waals surface area contributed by atoms with Gasteiger partial charge in [-0.3, -0.25) is 0 Å². The molecule has 0 amide bonds. The van der Waals surface area contributed by atoms with Crippen LogP contribution in [0, 0.1) is 0 Å². The Balaban J connectivity index is 1.51. The van der Waals surface area contributed by atoms with Crippen molar-refractivity contribution in [1.82, 2.24) is 5.20 Å². The molecule has 174 valence electrons.